The van der Waals surface area contributed by atoms with Crippen LogP contribution in [0.3, 0.4) is 0 Å². The fourth-order valence-electron chi connectivity index (χ4n) is 2.52. The van der Waals surface area contributed by atoms with E-state index in [0.717, 1.165) is 17.8 Å². The Labute approximate surface area is 131 Å². The Morgan fingerprint density at radius 3 is 2.45 bits per heavy atom. The van der Waals surface area contributed by atoms with Gasteiger partial charge in [-0.05, 0) is 36.3 Å². The van der Waals surface area contributed by atoms with Crippen LogP contribution in [-0.4, -0.2) is 12.5 Å². The lowest BCUT2D eigenvalue weighted by Gasteiger charge is -2.27. The summed E-state index contributed by atoms with van der Waals surface area (Å²) in [5.41, 5.74) is 0.873. The van der Waals surface area contributed by atoms with E-state index in [0.29, 0.717) is 18.5 Å². The minimum absolute atomic E-state index is 0.157. The van der Waals surface area contributed by atoms with Crippen LogP contribution >= 0.6 is 11.6 Å². The van der Waals surface area contributed by atoms with E-state index >= 15 is 0 Å². The van der Waals surface area contributed by atoms with Gasteiger partial charge in [0.05, 0.1) is 10.6 Å². The van der Waals surface area contributed by atoms with Crippen molar-refractivity contribution in [3.8, 4) is 0 Å². The molecule has 0 radical (unpaired) electrons. The van der Waals surface area contributed by atoms with Crippen molar-refractivity contribution >= 4 is 28.8 Å². The number of nitrogens with zero attached hydrogens (tertiary/aromatic N) is 1. The third-order valence-corrected chi connectivity index (χ3v) is 3.89. The molecule has 2 aromatic carbocycles. The maximum Gasteiger partial charge on any atom is 0.251 e. The molecule has 0 fully saturated rings. The molecule has 0 N–H and O–H groups in total. The van der Waals surface area contributed by atoms with Crippen LogP contribution in [0.5, 0.6) is 0 Å². The van der Waals surface area contributed by atoms with E-state index in [2.05, 4.69) is 0 Å². The van der Waals surface area contributed by atoms with Crippen LogP contribution in [0.2, 0.25) is 5.02 Å². The fourth-order valence-corrected chi connectivity index (χ4v) is 2.68. The first-order valence-electron chi connectivity index (χ1n) is 6.79. The van der Waals surface area contributed by atoms with Crippen LogP contribution in [0.15, 0.2) is 48.5 Å². The Morgan fingerprint density at radius 2 is 1.77 bits per heavy atom. The van der Waals surface area contributed by atoms with E-state index in [1.165, 1.54) is 6.08 Å². The van der Waals surface area contributed by atoms with Gasteiger partial charge in [0.25, 0.3) is 5.91 Å². The Bertz CT molecular complexity index is 759. The van der Waals surface area contributed by atoms with Crippen LogP contribution < -0.4 is 4.90 Å². The van der Waals surface area contributed by atoms with Crippen molar-refractivity contribution in [3.05, 3.63) is 70.8 Å². The summed E-state index contributed by atoms with van der Waals surface area (Å²) in [6.45, 7) is 0.361. The zero-order valence-electron chi connectivity index (χ0n) is 11.5. The molecular weight excluding hydrogens is 308 g/mol. The van der Waals surface area contributed by atoms with Crippen LogP contribution in [0, 0.1) is 11.6 Å². The van der Waals surface area contributed by atoms with Crippen molar-refractivity contribution in [1.82, 2.24) is 0 Å². The molecule has 112 valence electrons. The predicted octanol–water partition coefficient (Wildman–Crippen LogP) is 4.44. The van der Waals surface area contributed by atoms with Crippen molar-refractivity contribution in [2.24, 2.45) is 0 Å². The molecule has 1 heterocycles. The number of amides is 1. The van der Waals surface area contributed by atoms with Gasteiger partial charge in [-0.15, -0.1) is 0 Å². The lowest BCUT2D eigenvalue weighted by atomic mass is 9.97. The number of hydrogen-bond donors (Lipinski definition) is 0. The van der Waals surface area contributed by atoms with Gasteiger partial charge in [-0.25, -0.2) is 8.78 Å². The number of carbonyl (C=O) groups excluding carboxylic acids is 1. The van der Waals surface area contributed by atoms with Gasteiger partial charge < -0.3 is 4.90 Å². The van der Waals surface area contributed by atoms with Gasteiger partial charge in [0, 0.05) is 18.3 Å². The Balaban J connectivity index is 1.97. The molecule has 2 aromatic rings. The van der Waals surface area contributed by atoms with E-state index in [1.807, 2.05) is 30.3 Å². The molecule has 22 heavy (non-hydrogen) atoms. The summed E-state index contributed by atoms with van der Waals surface area (Å²) < 4.78 is 28.0. The van der Waals surface area contributed by atoms with Crippen LogP contribution in [0.4, 0.5) is 14.5 Å². The van der Waals surface area contributed by atoms with Crippen LogP contribution in [0.25, 0.3) is 5.57 Å². The number of para-hydroxylation sites is 1. The fraction of sp³-hybridized carbons (Fsp3) is 0.118. The van der Waals surface area contributed by atoms with Crippen molar-refractivity contribution in [3.63, 3.8) is 0 Å². The predicted molar refractivity (Wildman–Crippen MR) is 82.8 cm³/mol. The van der Waals surface area contributed by atoms with Gasteiger partial charge in [0.1, 0.15) is 5.82 Å². The minimum Gasteiger partial charge on any atom is -0.309 e. The van der Waals surface area contributed by atoms with Crippen molar-refractivity contribution in [2.75, 3.05) is 11.4 Å². The first-order chi connectivity index (χ1) is 10.6. The molecule has 1 aliphatic rings. The molecule has 0 saturated carbocycles. The van der Waals surface area contributed by atoms with Gasteiger partial charge >= 0.3 is 0 Å². The van der Waals surface area contributed by atoms with Crippen molar-refractivity contribution in [1.29, 1.82) is 0 Å². The average Bonchev–Trinajstić information content (AvgIpc) is 2.52. The zero-order valence-corrected chi connectivity index (χ0v) is 12.3. The molecule has 3 rings (SSSR count). The highest BCUT2D eigenvalue weighted by Crippen LogP contribution is 2.32. The molecule has 5 heteroatoms. The number of carbonyl (C=O) groups is 1. The summed E-state index contributed by atoms with van der Waals surface area (Å²) in [7, 11) is 0. The zero-order chi connectivity index (χ0) is 15.7. The monoisotopic (exact) mass is 319 g/mol. The summed E-state index contributed by atoms with van der Waals surface area (Å²) in [4.78, 5) is 13.8. The molecule has 1 aliphatic heterocycles. The maximum atomic E-state index is 14.1. The SMILES string of the molecule is O=C1C=C(c2c(F)ccc(Cl)c2F)CCN1c1ccccc1. The van der Waals surface area contributed by atoms with Crippen LogP contribution in [-0.2, 0) is 4.79 Å². The number of rotatable bonds is 2. The molecule has 0 saturated heterocycles. The molecule has 2 nitrogen and oxygen atoms in total. The lowest BCUT2D eigenvalue weighted by molar-refractivity contribution is -0.114. The normalized spacial score (nSPS) is 15.0. The van der Waals surface area contributed by atoms with Gasteiger partial charge in [0.2, 0.25) is 0 Å². The number of anilines is 1. The maximum absolute atomic E-state index is 14.1. The van der Waals surface area contributed by atoms with E-state index in [-0.39, 0.29) is 16.5 Å². The van der Waals surface area contributed by atoms with E-state index in [4.69, 9.17) is 11.6 Å². The molecule has 0 bridgehead atoms. The quantitative estimate of drug-likeness (QED) is 0.749. The molecular formula is C17H12ClF2NO. The highest BCUT2D eigenvalue weighted by molar-refractivity contribution is 6.31. The van der Waals surface area contributed by atoms with Gasteiger partial charge in [-0.3, -0.25) is 4.79 Å². The van der Waals surface area contributed by atoms with Gasteiger partial charge in [-0.1, -0.05) is 29.8 Å². The summed E-state index contributed by atoms with van der Waals surface area (Å²) in [5, 5.41) is -0.157. The summed E-state index contributed by atoms with van der Waals surface area (Å²) >= 11 is 5.70. The molecule has 0 spiro atoms. The molecule has 0 unspecified atom stereocenters. The average molecular weight is 320 g/mol. The largest absolute Gasteiger partial charge is 0.309 e. The Morgan fingerprint density at radius 1 is 1.05 bits per heavy atom. The van der Waals surface area contributed by atoms with E-state index in [9.17, 15) is 13.6 Å². The highest BCUT2D eigenvalue weighted by atomic mass is 35.5. The third kappa shape index (κ3) is 2.62. The summed E-state index contributed by atoms with van der Waals surface area (Å²) in [6.07, 6.45) is 1.63. The number of hydrogen-bond acceptors (Lipinski definition) is 1. The highest BCUT2D eigenvalue weighted by Gasteiger charge is 2.24. The smallest absolute Gasteiger partial charge is 0.251 e. The molecule has 0 aromatic heterocycles. The summed E-state index contributed by atoms with van der Waals surface area (Å²) in [6, 6.07) is 11.4. The number of benzene rings is 2. The van der Waals surface area contributed by atoms with Gasteiger partial charge in [-0.2, -0.15) is 0 Å². The van der Waals surface area contributed by atoms with Crippen molar-refractivity contribution < 1.29 is 13.6 Å². The topological polar surface area (TPSA) is 20.3 Å². The first kappa shape index (κ1) is 14.7. The third-order valence-electron chi connectivity index (χ3n) is 3.60. The second-order valence-corrected chi connectivity index (χ2v) is 5.37. The standard InChI is InChI=1S/C17H12ClF2NO/c18-13-6-7-14(19)16(17(13)20)11-8-9-21(15(22)10-11)12-4-2-1-3-5-12/h1-7,10H,8-9H2. The molecule has 0 aliphatic carbocycles. The molecule has 1 amide bonds. The first-order valence-corrected chi connectivity index (χ1v) is 7.16. The lowest BCUT2D eigenvalue weighted by Crippen LogP contribution is -2.33. The van der Waals surface area contributed by atoms with E-state index in [1.54, 1.807) is 4.90 Å². The second kappa shape index (κ2) is 5.89. The van der Waals surface area contributed by atoms with Gasteiger partial charge in [0.15, 0.2) is 5.82 Å². The Hall–Kier alpha value is -2.20. The van der Waals surface area contributed by atoms with Crippen molar-refractivity contribution in [2.45, 2.75) is 6.42 Å². The molecule has 0 atom stereocenters. The van der Waals surface area contributed by atoms with Crippen LogP contribution in [0.1, 0.15) is 12.0 Å². The summed E-state index contributed by atoms with van der Waals surface area (Å²) in [5.74, 6) is -1.84. The number of halogens is 3. The van der Waals surface area contributed by atoms with E-state index < -0.39 is 11.6 Å². The minimum atomic E-state index is -0.825. The Kier molecular flexibility index (Phi) is 3.94. The second-order valence-electron chi connectivity index (χ2n) is 4.96.